The summed E-state index contributed by atoms with van der Waals surface area (Å²) in [6, 6.07) is 5.83. The van der Waals surface area contributed by atoms with Gasteiger partial charge < -0.3 is 14.5 Å². The van der Waals surface area contributed by atoms with Crippen LogP contribution in [0.25, 0.3) is 0 Å². The number of amides is 2. The largest absolute Gasteiger partial charge is 0.378 e. The quantitative estimate of drug-likeness (QED) is 0.686. The number of hydrogen-bond acceptors (Lipinski definition) is 5. The first-order valence-electron chi connectivity index (χ1n) is 8.62. The number of piperazine rings is 1. The molecule has 0 spiro atoms. The van der Waals surface area contributed by atoms with Crippen LogP contribution in [0.15, 0.2) is 29.2 Å². The lowest BCUT2D eigenvalue weighted by Gasteiger charge is -2.33. The number of carbonyl (C=O) groups is 2. The van der Waals surface area contributed by atoms with Crippen molar-refractivity contribution in [1.29, 1.82) is 0 Å². The summed E-state index contributed by atoms with van der Waals surface area (Å²) in [7, 11) is -3.61. The third-order valence-electron chi connectivity index (χ3n) is 4.77. The van der Waals surface area contributed by atoms with Crippen LogP contribution in [0.1, 0.15) is 17.3 Å². The first kappa shape index (κ1) is 18.8. The minimum absolute atomic E-state index is 0.153. The highest BCUT2D eigenvalue weighted by molar-refractivity contribution is 7.89. The standard InChI is InChI=1S/C17H23N3O5S/c1-14-12-25-11-10-20(14)26(23,24)16-4-2-15(3-5-16)17(22)19-8-6-18(13-21)7-9-19/h2-5,13-14H,6-12H2,1H3. The van der Waals surface area contributed by atoms with Crippen LogP contribution in [0.2, 0.25) is 0 Å². The number of ether oxygens (including phenoxy) is 1. The van der Waals surface area contributed by atoms with Crippen LogP contribution < -0.4 is 0 Å². The zero-order chi connectivity index (χ0) is 18.7. The highest BCUT2D eigenvalue weighted by Gasteiger charge is 2.31. The van der Waals surface area contributed by atoms with Gasteiger partial charge in [0.15, 0.2) is 0 Å². The molecule has 1 aromatic rings. The van der Waals surface area contributed by atoms with Gasteiger partial charge in [0, 0.05) is 44.3 Å². The summed E-state index contributed by atoms with van der Waals surface area (Å²) in [6.45, 7) is 4.87. The molecular formula is C17H23N3O5S. The molecule has 9 heteroatoms. The van der Waals surface area contributed by atoms with Gasteiger partial charge in [-0.05, 0) is 31.2 Å². The highest BCUT2D eigenvalue weighted by atomic mass is 32.2. The summed E-state index contributed by atoms with van der Waals surface area (Å²) in [4.78, 5) is 26.8. The first-order chi connectivity index (χ1) is 12.4. The van der Waals surface area contributed by atoms with E-state index in [1.54, 1.807) is 21.9 Å². The summed E-state index contributed by atoms with van der Waals surface area (Å²) >= 11 is 0. The van der Waals surface area contributed by atoms with Gasteiger partial charge in [0.05, 0.1) is 18.1 Å². The molecule has 0 N–H and O–H groups in total. The monoisotopic (exact) mass is 381 g/mol. The molecule has 2 amide bonds. The van der Waals surface area contributed by atoms with E-state index in [9.17, 15) is 18.0 Å². The molecule has 0 bridgehead atoms. The predicted octanol–water partition coefficient (Wildman–Crippen LogP) is 0.0102. The smallest absolute Gasteiger partial charge is 0.253 e. The maximum absolute atomic E-state index is 12.8. The van der Waals surface area contributed by atoms with Gasteiger partial charge in [0.2, 0.25) is 16.4 Å². The molecule has 1 aromatic carbocycles. The Morgan fingerprint density at radius 2 is 1.77 bits per heavy atom. The van der Waals surface area contributed by atoms with E-state index in [0.717, 1.165) is 6.41 Å². The Labute approximate surface area is 153 Å². The van der Waals surface area contributed by atoms with Gasteiger partial charge >= 0.3 is 0 Å². The number of hydrogen-bond donors (Lipinski definition) is 0. The van der Waals surface area contributed by atoms with Crippen molar-refractivity contribution < 1.29 is 22.7 Å². The second kappa shape index (κ2) is 7.73. The number of morpholine rings is 1. The fourth-order valence-corrected chi connectivity index (χ4v) is 4.79. The summed E-state index contributed by atoms with van der Waals surface area (Å²) in [6.07, 6.45) is 0.786. The lowest BCUT2D eigenvalue weighted by atomic mass is 10.2. The van der Waals surface area contributed by atoms with Crippen LogP contribution in [0.3, 0.4) is 0 Å². The highest BCUT2D eigenvalue weighted by Crippen LogP contribution is 2.21. The second-order valence-corrected chi connectivity index (χ2v) is 8.39. The van der Waals surface area contributed by atoms with E-state index in [4.69, 9.17) is 4.74 Å². The molecule has 0 radical (unpaired) electrons. The van der Waals surface area contributed by atoms with Gasteiger partial charge in [-0.2, -0.15) is 4.31 Å². The second-order valence-electron chi connectivity index (χ2n) is 6.50. The third kappa shape index (κ3) is 3.74. The average Bonchev–Trinajstić information content (AvgIpc) is 2.68. The van der Waals surface area contributed by atoms with E-state index < -0.39 is 10.0 Å². The van der Waals surface area contributed by atoms with Crippen molar-refractivity contribution in [3.8, 4) is 0 Å². The molecular weight excluding hydrogens is 358 g/mol. The molecule has 142 valence electrons. The molecule has 2 fully saturated rings. The van der Waals surface area contributed by atoms with E-state index in [-0.39, 0.29) is 16.8 Å². The van der Waals surface area contributed by atoms with E-state index in [2.05, 4.69) is 0 Å². The lowest BCUT2D eigenvalue weighted by Crippen LogP contribution is -2.48. The maximum Gasteiger partial charge on any atom is 0.253 e. The third-order valence-corrected chi connectivity index (χ3v) is 6.79. The molecule has 0 saturated carbocycles. The van der Waals surface area contributed by atoms with Gasteiger partial charge in [0.1, 0.15) is 0 Å². The van der Waals surface area contributed by atoms with Crippen LogP contribution in [-0.4, -0.2) is 86.8 Å². The molecule has 2 heterocycles. The average molecular weight is 381 g/mol. The van der Waals surface area contributed by atoms with Crippen molar-refractivity contribution in [2.45, 2.75) is 17.9 Å². The Bertz CT molecular complexity index is 757. The summed E-state index contributed by atoms with van der Waals surface area (Å²) in [5.74, 6) is -0.153. The van der Waals surface area contributed by atoms with E-state index in [0.29, 0.717) is 51.5 Å². The fraction of sp³-hybridized carbons (Fsp3) is 0.529. The van der Waals surface area contributed by atoms with Crippen molar-refractivity contribution in [1.82, 2.24) is 14.1 Å². The van der Waals surface area contributed by atoms with E-state index in [1.807, 2.05) is 6.92 Å². The van der Waals surface area contributed by atoms with Crippen molar-refractivity contribution >= 4 is 22.3 Å². The van der Waals surface area contributed by atoms with Gasteiger partial charge in [-0.15, -0.1) is 0 Å². The number of carbonyl (C=O) groups excluding carboxylic acids is 2. The van der Waals surface area contributed by atoms with Crippen LogP contribution in [0, 0.1) is 0 Å². The number of rotatable bonds is 4. The van der Waals surface area contributed by atoms with E-state index >= 15 is 0 Å². The molecule has 1 atom stereocenters. The van der Waals surface area contributed by atoms with Gasteiger partial charge in [-0.1, -0.05) is 0 Å². The summed E-state index contributed by atoms with van der Waals surface area (Å²) in [5.41, 5.74) is 0.443. The normalized spacial score (nSPS) is 22.3. The van der Waals surface area contributed by atoms with Gasteiger partial charge in [0.25, 0.3) is 5.91 Å². The van der Waals surface area contributed by atoms with Crippen molar-refractivity contribution in [3.05, 3.63) is 29.8 Å². The molecule has 2 aliphatic heterocycles. The Kier molecular flexibility index (Phi) is 5.59. The first-order valence-corrected chi connectivity index (χ1v) is 10.1. The maximum atomic E-state index is 12.8. The van der Waals surface area contributed by atoms with Gasteiger partial charge in [-0.3, -0.25) is 9.59 Å². The zero-order valence-electron chi connectivity index (χ0n) is 14.7. The lowest BCUT2D eigenvalue weighted by molar-refractivity contribution is -0.119. The van der Waals surface area contributed by atoms with Crippen LogP contribution in [-0.2, 0) is 19.6 Å². The van der Waals surface area contributed by atoms with Crippen LogP contribution in [0.4, 0.5) is 0 Å². The number of benzene rings is 1. The molecule has 0 aromatic heterocycles. The molecule has 0 aliphatic carbocycles. The van der Waals surface area contributed by atoms with Crippen molar-refractivity contribution in [3.63, 3.8) is 0 Å². The SMILES string of the molecule is CC1COCCN1S(=O)(=O)c1ccc(C(=O)N2CCN(C=O)CC2)cc1. The van der Waals surface area contributed by atoms with Gasteiger partial charge in [-0.25, -0.2) is 8.42 Å². The molecule has 26 heavy (non-hydrogen) atoms. The molecule has 8 nitrogen and oxygen atoms in total. The van der Waals surface area contributed by atoms with Crippen LogP contribution >= 0.6 is 0 Å². The molecule has 2 aliphatic rings. The number of nitrogens with zero attached hydrogens (tertiary/aromatic N) is 3. The Morgan fingerprint density at radius 3 is 2.35 bits per heavy atom. The molecule has 2 saturated heterocycles. The minimum Gasteiger partial charge on any atom is -0.378 e. The topological polar surface area (TPSA) is 87.2 Å². The van der Waals surface area contributed by atoms with Crippen molar-refractivity contribution in [2.75, 3.05) is 45.9 Å². The molecule has 3 rings (SSSR count). The predicted molar refractivity (Wildman–Crippen MR) is 94.2 cm³/mol. The summed E-state index contributed by atoms with van der Waals surface area (Å²) < 4.78 is 32.3. The van der Waals surface area contributed by atoms with Crippen LogP contribution in [0.5, 0.6) is 0 Å². The Balaban J connectivity index is 1.72. The summed E-state index contributed by atoms with van der Waals surface area (Å²) in [5, 5.41) is 0. The number of sulfonamides is 1. The van der Waals surface area contributed by atoms with E-state index in [1.165, 1.54) is 16.4 Å². The zero-order valence-corrected chi connectivity index (χ0v) is 15.5. The fourth-order valence-electron chi connectivity index (χ4n) is 3.19. The molecule has 1 unspecified atom stereocenters. The Hall–Kier alpha value is -1.97. The minimum atomic E-state index is -3.61. The van der Waals surface area contributed by atoms with Crippen molar-refractivity contribution in [2.24, 2.45) is 0 Å². The Morgan fingerprint density at radius 1 is 1.12 bits per heavy atom.